The molecule has 3 aromatic rings. The molecule has 1 aliphatic rings. The summed E-state index contributed by atoms with van der Waals surface area (Å²) < 4.78 is 13.2. The van der Waals surface area contributed by atoms with Gasteiger partial charge in [0.15, 0.2) is 0 Å². The number of aromatic nitrogens is 2. The molecule has 4 rings (SSSR count). The lowest BCUT2D eigenvalue weighted by Crippen LogP contribution is -2.33. The minimum atomic E-state index is -0.263. The highest BCUT2D eigenvalue weighted by Gasteiger charge is 2.17. The van der Waals surface area contributed by atoms with Crippen LogP contribution in [0, 0.1) is 5.82 Å². The molecular weight excluding hydrogens is 363 g/mol. The van der Waals surface area contributed by atoms with Crippen molar-refractivity contribution in [3.63, 3.8) is 0 Å². The van der Waals surface area contributed by atoms with Crippen molar-refractivity contribution in [2.24, 2.45) is 0 Å². The Labute approximate surface area is 161 Å². The van der Waals surface area contributed by atoms with E-state index in [-0.39, 0.29) is 11.7 Å². The summed E-state index contributed by atoms with van der Waals surface area (Å²) in [4.78, 5) is 21.7. The van der Waals surface area contributed by atoms with Gasteiger partial charge in [0.2, 0.25) is 5.91 Å². The maximum atomic E-state index is 13.2. The molecule has 5 nitrogen and oxygen atoms in total. The molecule has 2 heterocycles. The number of nitrogens with zero attached hydrogens (tertiary/aromatic N) is 2. The molecule has 2 N–H and O–H groups in total. The van der Waals surface area contributed by atoms with Crippen molar-refractivity contribution in [3.05, 3.63) is 41.8 Å². The number of halogens is 1. The lowest BCUT2D eigenvalue weighted by atomic mass is 10.1. The minimum absolute atomic E-state index is 0.0729. The molecule has 0 bridgehead atoms. The molecule has 7 heteroatoms. The van der Waals surface area contributed by atoms with E-state index in [0.717, 1.165) is 34.2 Å². The van der Waals surface area contributed by atoms with Crippen molar-refractivity contribution in [1.82, 2.24) is 15.3 Å². The Balaban J connectivity index is 1.47. The molecule has 0 aliphatic heterocycles. The van der Waals surface area contributed by atoms with Crippen LogP contribution in [0.4, 0.5) is 10.2 Å². The minimum Gasteiger partial charge on any atom is -0.369 e. The molecule has 1 saturated carbocycles. The summed E-state index contributed by atoms with van der Waals surface area (Å²) >= 11 is 1.52. The Morgan fingerprint density at radius 2 is 1.96 bits per heavy atom. The zero-order valence-electron chi connectivity index (χ0n) is 14.9. The Kier molecular flexibility index (Phi) is 5.29. The number of nitrogens with one attached hydrogen (secondary N) is 2. The highest BCUT2D eigenvalue weighted by atomic mass is 32.1. The zero-order chi connectivity index (χ0) is 18.6. The third-order valence-corrected chi connectivity index (χ3v) is 5.78. The van der Waals surface area contributed by atoms with Gasteiger partial charge in [-0.15, -0.1) is 11.3 Å². The van der Waals surface area contributed by atoms with Gasteiger partial charge < -0.3 is 10.6 Å². The van der Waals surface area contributed by atoms with E-state index < -0.39 is 0 Å². The number of thiophene rings is 1. The van der Waals surface area contributed by atoms with Crippen molar-refractivity contribution < 1.29 is 9.18 Å². The number of hydrogen-bond donors (Lipinski definition) is 2. The standard InChI is InChI=1S/C20H21FN4OS/c21-14-7-5-13(6-8-14)16-11-27-20-18(16)19(23-12-24-20)22-10-9-17(26)25-15-3-1-2-4-15/h5-8,11-12,15H,1-4,9-10H2,(H,25,26)(H,22,23,24). The molecule has 1 aliphatic carbocycles. The third-order valence-electron chi connectivity index (χ3n) is 4.89. The second-order valence-corrected chi connectivity index (χ2v) is 7.64. The average Bonchev–Trinajstić information content (AvgIpc) is 3.32. The first kappa shape index (κ1) is 17.9. The van der Waals surface area contributed by atoms with E-state index in [1.807, 2.05) is 5.38 Å². The van der Waals surface area contributed by atoms with Gasteiger partial charge >= 0.3 is 0 Å². The SMILES string of the molecule is O=C(CCNc1ncnc2scc(-c3ccc(F)cc3)c12)NC1CCCC1. The third kappa shape index (κ3) is 4.08. The van der Waals surface area contributed by atoms with Crippen LogP contribution < -0.4 is 10.6 Å². The van der Waals surface area contributed by atoms with Gasteiger partial charge in [-0.25, -0.2) is 14.4 Å². The van der Waals surface area contributed by atoms with Gasteiger partial charge in [0.05, 0.1) is 5.39 Å². The molecular formula is C20H21FN4OS. The molecule has 27 heavy (non-hydrogen) atoms. The van der Waals surface area contributed by atoms with Crippen LogP contribution in [0.2, 0.25) is 0 Å². The van der Waals surface area contributed by atoms with Crippen LogP contribution in [0.25, 0.3) is 21.3 Å². The molecule has 2 aromatic heterocycles. The fourth-order valence-corrected chi connectivity index (χ4v) is 4.43. The van der Waals surface area contributed by atoms with E-state index in [2.05, 4.69) is 20.6 Å². The number of amides is 1. The van der Waals surface area contributed by atoms with Crippen LogP contribution in [0.1, 0.15) is 32.1 Å². The maximum absolute atomic E-state index is 13.2. The molecule has 140 valence electrons. The van der Waals surface area contributed by atoms with Crippen molar-refractivity contribution in [3.8, 4) is 11.1 Å². The first-order chi connectivity index (χ1) is 13.2. The summed E-state index contributed by atoms with van der Waals surface area (Å²) in [5.41, 5.74) is 1.88. The number of anilines is 1. The Bertz CT molecular complexity index is 935. The molecule has 0 atom stereocenters. The molecule has 0 saturated heterocycles. The zero-order valence-corrected chi connectivity index (χ0v) is 15.7. The molecule has 0 spiro atoms. The molecule has 1 amide bonds. The van der Waals surface area contributed by atoms with Gasteiger partial charge in [-0.2, -0.15) is 0 Å². The van der Waals surface area contributed by atoms with Crippen LogP contribution >= 0.6 is 11.3 Å². The fraction of sp³-hybridized carbons (Fsp3) is 0.350. The molecule has 0 unspecified atom stereocenters. The summed E-state index contributed by atoms with van der Waals surface area (Å²) in [5, 5.41) is 9.28. The summed E-state index contributed by atoms with van der Waals surface area (Å²) in [6.07, 6.45) is 6.49. The number of carbonyl (C=O) groups excluding carboxylic acids is 1. The summed E-state index contributed by atoms with van der Waals surface area (Å²) in [5.74, 6) is 0.513. The maximum Gasteiger partial charge on any atom is 0.221 e. The van der Waals surface area contributed by atoms with Crippen LogP contribution in [-0.4, -0.2) is 28.5 Å². The fourth-order valence-electron chi connectivity index (χ4n) is 3.52. The van der Waals surface area contributed by atoms with Crippen LogP contribution in [0.3, 0.4) is 0 Å². The monoisotopic (exact) mass is 384 g/mol. The van der Waals surface area contributed by atoms with Gasteiger partial charge in [-0.3, -0.25) is 4.79 Å². The second kappa shape index (κ2) is 8.00. The Hall–Kier alpha value is -2.54. The smallest absolute Gasteiger partial charge is 0.221 e. The Morgan fingerprint density at radius 1 is 1.19 bits per heavy atom. The van der Waals surface area contributed by atoms with E-state index in [9.17, 15) is 9.18 Å². The topological polar surface area (TPSA) is 66.9 Å². The average molecular weight is 384 g/mol. The van der Waals surface area contributed by atoms with Crippen LogP contribution in [-0.2, 0) is 4.79 Å². The number of hydrogen-bond acceptors (Lipinski definition) is 5. The van der Waals surface area contributed by atoms with E-state index >= 15 is 0 Å². The van der Waals surface area contributed by atoms with E-state index in [1.165, 1.54) is 42.6 Å². The van der Waals surface area contributed by atoms with Crippen LogP contribution in [0.15, 0.2) is 36.0 Å². The first-order valence-corrected chi connectivity index (χ1v) is 10.1. The number of carbonyl (C=O) groups is 1. The van der Waals surface area contributed by atoms with E-state index in [0.29, 0.717) is 24.8 Å². The predicted molar refractivity (Wildman–Crippen MR) is 106 cm³/mol. The molecule has 0 radical (unpaired) electrons. The highest BCUT2D eigenvalue weighted by Crippen LogP contribution is 2.36. The van der Waals surface area contributed by atoms with Crippen molar-refractivity contribution in [2.75, 3.05) is 11.9 Å². The van der Waals surface area contributed by atoms with Crippen molar-refractivity contribution in [1.29, 1.82) is 0 Å². The number of rotatable bonds is 6. The second-order valence-electron chi connectivity index (χ2n) is 6.78. The molecule has 1 fully saturated rings. The van der Waals surface area contributed by atoms with E-state index in [4.69, 9.17) is 0 Å². The van der Waals surface area contributed by atoms with Crippen LogP contribution in [0.5, 0.6) is 0 Å². The normalized spacial score (nSPS) is 14.6. The highest BCUT2D eigenvalue weighted by molar-refractivity contribution is 7.17. The van der Waals surface area contributed by atoms with Crippen molar-refractivity contribution >= 4 is 33.3 Å². The predicted octanol–water partition coefficient (Wildman–Crippen LogP) is 4.36. The van der Waals surface area contributed by atoms with Crippen molar-refractivity contribution in [2.45, 2.75) is 38.1 Å². The van der Waals surface area contributed by atoms with E-state index in [1.54, 1.807) is 12.1 Å². The summed E-state index contributed by atoms with van der Waals surface area (Å²) in [7, 11) is 0. The van der Waals surface area contributed by atoms with Gasteiger partial charge in [0, 0.05) is 30.0 Å². The Morgan fingerprint density at radius 3 is 2.74 bits per heavy atom. The van der Waals surface area contributed by atoms with Gasteiger partial charge in [0.1, 0.15) is 22.8 Å². The lowest BCUT2D eigenvalue weighted by molar-refractivity contribution is -0.121. The first-order valence-electron chi connectivity index (χ1n) is 9.22. The number of benzene rings is 1. The largest absolute Gasteiger partial charge is 0.369 e. The summed E-state index contributed by atoms with van der Waals surface area (Å²) in [6.45, 7) is 0.503. The summed E-state index contributed by atoms with van der Waals surface area (Å²) in [6, 6.07) is 6.74. The van der Waals surface area contributed by atoms with Gasteiger partial charge in [-0.05, 0) is 30.5 Å². The lowest BCUT2D eigenvalue weighted by Gasteiger charge is -2.12. The van der Waals surface area contributed by atoms with Gasteiger partial charge in [-0.1, -0.05) is 25.0 Å². The molecule has 1 aromatic carbocycles. The number of fused-ring (bicyclic) bond motifs is 1. The van der Waals surface area contributed by atoms with Gasteiger partial charge in [0.25, 0.3) is 0 Å². The quantitative estimate of drug-likeness (QED) is 0.663.